The number of nitrogens with one attached hydrogen (secondary N) is 1. The minimum absolute atomic E-state index is 0.176. The van der Waals surface area contributed by atoms with E-state index in [0.717, 1.165) is 42.5 Å². The molecule has 0 radical (unpaired) electrons. The molecular formula is C19H20ClN5O. The Morgan fingerprint density at radius 3 is 2.81 bits per heavy atom. The molecule has 1 fully saturated rings. The first-order chi connectivity index (χ1) is 12.5. The van der Waals surface area contributed by atoms with Gasteiger partial charge in [-0.1, -0.05) is 11.6 Å². The second kappa shape index (κ2) is 6.70. The van der Waals surface area contributed by atoms with E-state index in [1.165, 1.54) is 6.20 Å². The van der Waals surface area contributed by atoms with E-state index >= 15 is 0 Å². The zero-order chi connectivity index (χ0) is 18.3. The summed E-state index contributed by atoms with van der Waals surface area (Å²) < 4.78 is 0. The van der Waals surface area contributed by atoms with Gasteiger partial charge in [0, 0.05) is 17.3 Å². The normalized spacial score (nSPS) is 16.2. The number of ketones is 1. The molecule has 26 heavy (non-hydrogen) atoms. The summed E-state index contributed by atoms with van der Waals surface area (Å²) >= 11 is 5.90. The zero-order valence-corrected chi connectivity index (χ0v) is 15.3. The van der Waals surface area contributed by atoms with Crippen molar-refractivity contribution in [3.63, 3.8) is 0 Å². The van der Waals surface area contributed by atoms with Crippen molar-refractivity contribution in [3.8, 4) is 0 Å². The van der Waals surface area contributed by atoms with Crippen LogP contribution in [0.2, 0.25) is 5.15 Å². The molecule has 0 atom stereocenters. The Hall–Kier alpha value is -2.44. The molecule has 134 valence electrons. The van der Waals surface area contributed by atoms with Crippen LogP contribution in [0.4, 0.5) is 5.82 Å². The van der Waals surface area contributed by atoms with E-state index in [2.05, 4.69) is 26.9 Å². The van der Waals surface area contributed by atoms with Gasteiger partial charge in [-0.15, -0.1) is 0 Å². The van der Waals surface area contributed by atoms with Gasteiger partial charge in [0.15, 0.2) is 0 Å². The van der Waals surface area contributed by atoms with Crippen LogP contribution in [-0.4, -0.2) is 45.8 Å². The predicted molar refractivity (Wildman–Crippen MR) is 103 cm³/mol. The second-order valence-electron chi connectivity index (χ2n) is 6.82. The van der Waals surface area contributed by atoms with Gasteiger partial charge in [-0.25, -0.2) is 9.97 Å². The number of halogens is 1. The molecule has 4 heterocycles. The number of H-pyrrole nitrogens is 1. The maximum absolute atomic E-state index is 12.8. The number of hydrogen-bond donors (Lipinski definition) is 2. The summed E-state index contributed by atoms with van der Waals surface area (Å²) in [5, 5.41) is 0.287. The van der Waals surface area contributed by atoms with Crippen molar-refractivity contribution in [2.45, 2.75) is 18.8 Å². The lowest BCUT2D eigenvalue weighted by Gasteiger charge is -2.28. The number of pyridine rings is 2. The molecule has 0 amide bonds. The van der Waals surface area contributed by atoms with Crippen molar-refractivity contribution in [3.05, 3.63) is 52.4 Å². The molecule has 3 N–H and O–H groups in total. The van der Waals surface area contributed by atoms with Crippen LogP contribution < -0.4 is 5.73 Å². The fraction of sp³-hybridized carbons (Fsp3) is 0.316. The standard InChI is InChI=1S/C19H20ClN5O/c1-25-8-5-11(6-9-25)16-17-13(24-19(16)21)2-3-14(23-17)18(26)12-4-7-22-15(20)10-12/h2-4,7,10-11,24H,5-6,8-9,21H2,1H3. The van der Waals surface area contributed by atoms with Gasteiger partial charge in [0.1, 0.15) is 16.7 Å². The van der Waals surface area contributed by atoms with Crippen LogP contribution in [0.3, 0.4) is 0 Å². The van der Waals surface area contributed by atoms with Crippen molar-refractivity contribution in [1.29, 1.82) is 0 Å². The second-order valence-corrected chi connectivity index (χ2v) is 7.21. The summed E-state index contributed by atoms with van der Waals surface area (Å²) in [7, 11) is 2.13. The largest absolute Gasteiger partial charge is 0.385 e. The van der Waals surface area contributed by atoms with E-state index in [1.807, 2.05) is 6.07 Å². The highest BCUT2D eigenvalue weighted by Crippen LogP contribution is 2.36. The van der Waals surface area contributed by atoms with Gasteiger partial charge < -0.3 is 15.6 Å². The summed E-state index contributed by atoms with van der Waals surface area (Å²) in [5.74, 6) is 0.831. The summed E-state index contributed by atoms with van der Waals surface area (Å²) in [6, 6.07) is 6.78. The number of carbonyl (C=O) groups excluding carboxylic acids is 1. The third-order valence-electron chi connectivity index (χ3n) is 5.06. The highest BCUT2D eigenvalue weighted by atomic mass is 35.5. The Bertz CT molecular complexity index is 975. The van der Waals surface area contributed by atoms with Crippen LogP contribution in [0.15, 0.2) is 30.5 Å². The Morgan fingerprint density at radius 1 is 1.31 bits per heavy atom. The highest BCUT2D eigenvalue weighted by molar-refractivity contribution is 6.29. The zero-order valence-electron chi connectivity index (χ0n) is 14.5. The molecule has 0 unspecified atom stereocenters. The summed E-state index contributed by atoms with van der Waals surface area (Å²) in [6.45, 7) is 2.07. The number of aromatic nitrogens is 3. The first-order valence-corrected chi connectivity index (χ1v) is 9.03. The van der Waals surface area contributed by atoms with Gasteiger partial charge >= 0.3 is 0 Å². The molecular weight excluding hydrogens is 350 g/mol. The number of nitrogens with zero attached hydrogens (tertiary/aromatic N) is 3. The number of piperidine rings is 1. The molecule has 0 saturated carbocycles. The predicted octanol–water partition coefficient (Wildman–Crippen LogP) is 3.23. The van der Waals surface area contributed by atoms with E-state index in [-0.39, 0.29) is 10.9 Å². The molecule has 1 aliphatic heterocycles. The van der Waals surface area contributed by atoms with Crippen LogP contribution in [-0.2, 0) is 0 Å². The molecule has 1 aliphatic rings. The molecule has 0 aliphatic carbocycles. The number of carbonyl (C=O) groups is 1. The molecule has 0 bridgehead atoms. The Labute approximate surface area is 156 Å². The molecule has 0 spiro atoms. The van der Waals surface area contributed by atoms with E-state index in [9.17, 15) is 4.79 Å². The number of fused-ring (bicyclic) bond motifs is 1. The maximum Gasteiger partial charge on any atom is 0.211 e. The first-order valence-electron chi connectivity index (χ1n) is 8.66. The lowest BCUT2D eigenvalue weighted by atomic mass is 9.90. The average molecular weight is 370 g/mol. The fourth-order valence-electron chi connectivity index (χ4n) is 3.63. The number of likely N-dealkylation sites (tertiary alicyclic amines) is 1. The lowest BCUT2D eigenvalue weighted by molar-refractivity contribution is 0.103. The Kier molecular flexibility index (Phi) is 4.38. The third-order valence-corrected chi connectivity index (χ3v) is 5.26. The van der Waals surface area contributed by atoms with Gasteiger partial charge in [-0.05, 0) is 63.2 Å². The van der Waals surface area contributed by atoms with Gasteiger partial charge in [0.05, 0.1) is 11.0 Å². The van der Waals surface area contributed by atoms with Crippen LogP contribution in [0.1, 0.15) is 40.4 Å². The van der Waals surface area contributed by atoms with Gasteiger partial charge in [-0.3, -0.25) is 4.79 Å². The number of hydrogen-bond acceptors (Lipinski definition) is 5. The van der Waals surface area contributed by atoms with Crippen LogP contribution >= 0.6 is 11.6 Å². The van der Waals surface area contributed by atoms with E-state index in [1.54, 1.807) is 18.2 Å². The molecule has 6 nitrogen and oxygen atoms in total. The fourth-order valence-corrected chi connectivity index (χ4v) is 3.81. The van der Waals surface area contributed by atoms with E-state index in [0.29, 0.717) is 23.0 Å². The summed E-state index contributed by atoms with van der Waals surface area (Å²) in [5.41, 5.74) is 9.81. The number of anilines is 1. The van der Waals surface area contributed by atoms with Crippen molar-refractivity contribution in [2.24, 2.45) is 0 Å². The van der Waals surface area contributed by atoms with Crippen LogP contribution in [0, 0.1) is 0 Å². The van der Waals surface area contributed by atoms with Crippen molar-refractivity contribution in [2.75, 3.05) is 25.9 Å². The van der Waals surface area contributed by atoms with Crippen LogP contribution in [0.25, 0.3) is 11.0 Å². The minimum atomic E-state index is -0.176. The van der Waals surface area contributed by atoms with Crippen LogP contribution in [0.5, 0.6) is 0 Å². The molecule has 3 aromatic heterocycles. The quantitative estimate of drug-likeness (QED) is 0.546. The number of nitrogen functional groups attached to an aromatic ring is 1. The number of nitrogens with two attached hydrogens (primary N) is 1. The van der Waals surface area contributed by atoms with Crippen molar-refractivity contribution in [1.82, 2.24) is 19.9 Å². The highest BCUT2D eigenvalue weighted by Gasteiger charge is 2.25. The number of aromatic amines is 1. The topological polar surface area (TPSA) is 87.9 Å². The minimum Gasteiger partial charge on any atom is -0.385 e. The van der Waals surface area contributed by atoms with Crippen molar-refractivity contribution >= 4 is 34.2 Å². The first kappa shape index (κ1) is 17.0. The van der Waals surface area contributed by atoms with Gasteiger partial charge in [0.25, 0.3) is 0 Å². The van der Waals surface area contributed by atoms with E-state index in [4.69, 9.17) is 17.3 Å². The Balaban J connectivity index is 1.74. The summed E-state index contributed by atoms with van der Waals surface area (Å²) in [6.07, 6.45) is 3.59. The smallest absolute Gasteiger partial charge is 0.211 e. The van der Waals surface area contributed by atoms with E-state index < -0.39 is 0 Å². The summed E-state index contributed by atoms with van der Waals surface area (Å²) in [4.78, 5) is 26.9. The van der Waals surface area contributed by atoms with Gasteiger partial charge in [-0.2, -0.15) is 0 Å². The molecule has 7 heteroatoms. The SMILES string of the molecule is CN1CCC(c2c(N)[nH]c3ccc(C(=O)c4ccnc(Cl)c4)nc23)CC1. The molecule has 4 rings (SSSR count). The maximum atomic E-state index is 12.8. The Morgan fingerprint density at radius 2 is 2.08 bits per heavy atom. The monoisotopic (exact) mass is 369 g/mol. The molecule has 0 aromatic carbocycles. The van der Waals surface area contributed by atoms with Gasteiger partial charge in [0.2, 0.25) is 5.78 Å². The number of rotatable bonds is 3. The van der Waals surface area contributed by atoms with Crippen molar-refractivity contribution < 1.29 is 4.79 Å². The molecule has 1 saturated heterocycles. The lowest BCUT2D eigenvalue weighted by Crippen LogP contribution is -2.29. The third kappa shape index (κ3) is 3.06. The molecule has 3 aromatic rings. The average Bonchev–Trinajstić information content (AvgIpc) is 2.97.